The summed E-state index contributed by atoms with van der Waals surface area (Å²) in [6, 6.07) is 1.78. The van der Waals surface area contributed by atoms with Crippen LogP contribution in [0.25, 0.3) is 11.2 Å². The predicted molar refractivity (Wildman–Crippen MR) is 64.6 cm³/mol. The average molecular weight is 245 g/mol. The van der Waals surface area contributed by atoms with Crippen molar-refractivity contribution in [3.8, 4) is 11.8 Å². The Morgan fingerprint density at radius 2 is 2.22 bits per heavy atom. The van der Waals surface area contributed by atoms with Gasteiger partial charge in [-0.15, -0.1) is 5.10 Å². The molecule has 8 heteroatoms. The minimum Gasteiger partial charge on any atom is -0.417 e. The second-order valence-corrected chi connectivity index (χ2v) is 3.69. The van der Waals surface area contributed by atoms with Crippen LogP contribution in [0.5, 0.6) is 11.8 Å². The van der Waals surface area contributed by atoms with Crippen LogP contribution in [0.4, 0.5) is 5.95 Å². The first-order valence-corrected chi connectivity index (χ1v) is 5.35. The fraction of sp³-hybridized carbons (Fsp3) is 0.200. The van der Waals surface area contributed by atoms with Gasteiger partial charge in [0.25, 0.3) is 5.88 Å². The van der Waals surface area contributed by atoms with E-state index in [2.05, 4.69) is 35.5 Å². The van der Waals surface area contributed by atoms with Crippen LogP contribution in [-0.2, 0) is 0 Å². The largest absolute Gasteiger partial charge is 0.417 e. The smallest absolute Gasteiger partial charge is 0.252 e. The van der Waals surface area contributed by atoms with Crippen molar-refractivity contribution in [3.05, 3.63) is 18.1 Å². The number of aromatic nitrogens is 6. The molecule has 0 amide bonds. The minimum atomic E-state index is 0.383. The highest BCUT2D eigenvalue weighted by Gasteiger charge is 2.12. The average Bonchev–Trinajstić information content (AvgIpc) is 2.98. The molecule has 3 rings (SSSR count). The standard InChI is InChI=1S/C10H11N7O/c1-5-3-6(17-16-5)18-9-7-8(13-4-12-7)14-10(11-2)15-9/h3-4H,1-2H3,(H,16,17)(H2,11,12,13,14,15). The van der Waals surface area contributed by atoms with Gasteiger partial charge in [-0.3, -0.25) is 5.10 Å². The van der Waals surface area contributed by atoms with Crippen LogP contribution in [0.1, 0.15) is 5.69 Å². The molecule has 0 aromatic carbocycles. The molecule has 0 saturated carbocycles. The zero-order chi connectivity index (χ0) is 12.5. The monoisotopic (exact) mass is 245 g/mol. The number of imidazole rings is 1. The van der Waals surface area contributed by atoms with Gasteiger partial charge in [-0.1, -0.05) is 0 Å². The lowest BCUT2D eigenvalue weighted by atomic mass is 10.5. The first-order chi connectivity index (χ1) is 8.76. The highest BCUT2D eigenvalue weighted by molar-refractivity contribution is 5.77. The third kappa shape index (κ3) is 1.73. The molecular weight excluding hydrogens is 234 g/mol. The lowest BCUT2D eigenvalue weighted by molar-refractivity contribution is 0.448. The molecule has 0 aliphatic carbocycles. The maximum Gasteiger partial charge on any atom is 0.252 e. The molecule has 0 aliphatic rings. The summed E-state index contributed by atoms with van der Waals surface area (Å²) in [5.41, 5.74) is 2.08. The third-order valence-electron chi connectivity index (χ3n) is 2.36. The molecule has 0 aliphatic heterocycles. The molecule has 0 spiro atoms. The summed E-state index contributed by atoms with van der Waals surface area (Å²) in [5, 5.41) is 9.65. The van der Waals surface area contributed by atoms with E-state index in [0.717, 1.165) is 5.69 Å². The number of hydrogen-bond donors (Lipinski definition) is 3. The molecule has 0 atom stereocenters. The number of aromatic amines is 2. The van der Waals surface area contributed by atoms with Crippen molar-refractivity contribution in [2.75, 3.05) is 12.4 Å². The summed E-state index contributed by atoms with van der Waals surface area (Å²) < 4.78 is 5.61. The van der Waals surface area contributed by atoms with Crippen LogP contribution in [0.2, 0.25) is 0 Å². The summed E-state index contributed by atoms with van der Waals surface area (Å²) in [6.07, 6.45) is 1.54. The summed E-state index contributed by atoms with van der Waals surface area (Å²) in [4.78, 5) is 15.4. The SMILES string of the molecule is CNc1nc(Oc2cc(C)[nH]n2)c2[nH]cnc2n1. The minimum absolute atomic E-state index is 0.383. The molecule has 3 heterocycles. The van der Waals surface area contributed by atoms with Crippen molar-refractivity contribution in [1.29, 1.82) is 0 Å². The number of nitrogens with zero attached hydrogens (tertiary/aromatic N) is 4. The predicted octanol–water partition coefficient (Wildman–Crippen LogP) is 1.22. The third-order valence-corrected chi connectivity index (χ3v) is 2.36. The van der Waals surface area contributed by atoms with Crippen LogP contribution < -0.4 is 10.1 Å². The van der Waals surface area contributed by atoms with Crippen molar-refractivity contribution in [3.63, 3.8) is 0 Å². The van der Waals surface area contributed by atoms with Crippen LogP contribution >= 0.6 is 0 Å². The second kappa shape index (κ2) is 3.99. The van der Waals surface area contributed by atoms with Crippen LogP contribution in [0, 0.1) is 6.92 Å². The van der Waals surface area contributed by atoms with Gasteiger partial charge in [0.2, 0.25) is 11.8 Å². The van der Waals surface area contributed by atoms with Crippen molar-refractivity contribution >= 4 is 17.1 Å². The highest BCUT2D eigenvalue weighted by atomic mass is 16.5. The molecule has 3 aromatic heterocycles. The maximum absolute atomic E-state index is 5.61. The molecule has 8 nitrogen and oxygen atoms in total. The van der Waals surface area contributed by atoms with Gasteiger partial charge in [-0.05, 0) is 6.92 Å². The quantitative estimate of drug-likeness (QED) is 0.640. The normalized spacial score (nSPS) is 10.8. The van der Waals surface area contributed by atoms with Crippen LogP contribution in [-0.4, -0.2) is 37.2 Å². The Labute approximate surface area is 102 Å². The van der Waals surface area contributed by atoms with Gasteiger partial charge in [0.15, 0.2) is 5.65 Å². The van der Waals surface area contributed by atoms with Crippen molar-refractivity contribution in [2.24, 2.45) is 0 Å². The molecule has 92 valence electrons. The molecule has 3 aromatic rings. The fourth-order valence-electron chi connectivity index (χ4n) is 1.54. The summed E-state index contributed by atoms with van der Waals surface area (Å²) >= 11 is 0. The molecular formula is C10H11N7O. The molecule has 3 N–H and O–H groups in total. The van der Waals surface area contributed by atoms with Gasteiger partial charge in [0, 0.05) is 18.8 Å². The molecule has 0 unspecified atom stereocenters. The van der Waals surface area contributed by atoms with Crippen LogP contribution in [0.3, 0.4) is 0 Å². The van der Waals surface area contributed by atoms with E-state index < -0.39 is 0 Å². The van der Waals surface area contributed by atoms with E-state index in [1.165, 1.54) is 0 Å². The van der Waals surface area contributed by atoms with Crippen molar-refractivity contribution < 1.29 is 4.74 Å². The second-order valence-electron chi connectivity index (χ2n) is 3.69. The van der Waals surface area contributed by atoms with E-state index in [9.17, 15) is 0 Å². The number of rotatable bonds is 3. The zero-order valence-corrected chi connectivity index (χ0v) is 9.85. The number of H-pyrrole nitrogens is 2. The Balaban J connectivity index is 2.06. The number of aryl methyl sites for hydroxylation is 1. The van der Waals surface area contributed by atoms with Gasteiger partial charge >= 0.3 is 0 Å². The molecule has 0 bridgehead atoms. The Morgan fingerprint density at radius 3 is 2.94 bits per heavy atom. The Bertz CT molecular complexity index is 686. The zero-order valence-electron chi connectivity index (χ0n) is 9.85. The molecule has 0 fully saturated rings. The van der Waals surface area contributed by atoms with Gasteiger partial charge in [-0.2, -0.15) is 9.97 Å². The summed E-state index contributed by atoms with van der Waals surface area (Å²) in [6.45, 7) is 1.89. The van der Waals surface area contributed by atoms with Crippen molar-refractivity contribution in [2.45, 2.75) is 6.92 Å². The Kier molecular flexibility index (Phi) is 2.33. The molecule has 0 radical (unpaired) electrons. The van der Waals surface area contributed by atoms with Gasteiger partial charge in [0.1, 0.15) is 5.52 Å². The van der Waals surface area contributed by atoms with E-state index in [4.69, 9.17) is 4.74 Å². The molecule has 0 saturated heterocycles. The Morgan fingerprint density at radius 1 is 1.33 bits per heavy atom. The van der Waals surface area contributed by atoms with E-state index in [1.54, 1.807) is 19.4 Å². The number of anilines is 1. The first kappa shape index (κ1) is 10.5. The number of hydrogen-bond acceptors (Lipinski definition) is 6. The number of ether oxygens (including phenoxy) is 1. The topological polar surface area (TPSA) is 104 Å². The first-order valence-electron chi connectivity index (χ1n) is 5.35. The molecule has 18 heavy (non-hydrogen) atoms. The Hall–Kier alpha value is -2.64. The maximum atomic E-state index is 5.61. The van der Waals surface area contributed by atoms with E-state index >= 15 is 0 Å². The fourth-order valence-corrected chi connectivity index (χ4v) is 1.54. The van der Waals surface area contributed by atoms with Gasteiger partial charge < -0.3 is 15.0 Å². The van der Waals surface area contributed by atoms with Crippen molar-refractivity contribution in [1.82, 2.24) is 30.1 Å². The van der Waals surface area contributed by atoms with Gasteiger partial charge in [-0.25, -0.2) is 4.98 Å². The van der Waals surface area contributed by atoms with E-state index in [0.29, 0.717) is 28.9 Å². The number of fused-ring (bicyclic) bond motifs is 1. The highest BCUT2D eigenvalue weighted by Crippen LogP contribution is 2.25. The van der Waals surface area contributed by atoms with Crippen LogP contribution in [0.15, 0.2) is 12.4 Å². The lowest BCUT2D eigenvalue weighted by Crippen LogP contribution is -1.99. The van der Waals surface area contributed by atoms with E-state index in [1.807, 2.05) is 6.92 Å². The van der Waals surface area contributed by atoms with E-state index in [-0.39, 0.29) is 0 Å². The summed E-state index contributed by atoms with van der Waals surface area (Å²) in [7, 11) is 1.73. The lowest BCUT2D eigenvalue weighted by Gasteiger charge is -2.04. The summed E-state index contributed by atoms with van der Waals surface area (Å²) in [5.74, 6) is 1.27. The van der Waals surface area contributed by atoms with Gasteiger partial charge in [0.05, 0.1) is 6.33 Å². The number of nitrogens with one attached hydrogen (secondary N) is 3.